The fraction of sp³-hybridized carbons (Fsp3) is 0.889. The van der Waals surface area contributed by atoms with Crippen LogP contribution in [0.2, 0.25) is 0 Å². The van der Waals surface area contributed by atoms with Gasteiger partial charge in [0.05, 0.1) is 19.1 Å². The van der Waals surface area contributed by atoms with Crippen LogP contribution in [0, 0.1) is 5.92 Å². The molecule has 0 heterocycles. The number of hydrogen-bond donors (Lipinski definition) is 0. The topological polar surface area (TPSA) is 52.6 Å². The van der Waals surface area contributed by atoms with Crippen molar-refractivity contribution >= 4 is 11.9 Å². The lowest BCUT2D eigenvalue weighted by atomic mass is 10.0. The summed E-state index contributed by atoms with van der Waals surface area (Å²) in [6.45, 7) is 6.58. The number of carbonyl (C=O) groups is 2. The van der Waals surface area contributed by atoms with Gasteiger partial charge in [-0.1, -0.05) is 51.9 Å². The minimum atomic E-state index is -0.0711. The second-order valence-corrected chi connectivity index (χ2v) is 5.83. The zero-order valence-corrected chi connectivity index (χ0v) is 14.7. The molecular formula is C18H34O4. The van der Waals surface area contributed by atoms with E-state index >= 15 is 0 Å². The zero-order valence-electron chi connectivity index (χ0n) is 14.7. The predicted octanol–water partition coefficient (Wildman–Crippen LogP) is 4.65. The fourth-order valence-electron chi connectivity index (χ4n) is 2.42. The van der Waals surface area contributed by atoms with Crippen molar-refractivity contribution in [1.82, 2.24) is 0 Å². The molecule has 1 atom stereocenters. The molecule has 22 heavy (non-hydrogen) atoms. The van der Waals surface area contributed by atoms with Crippen LogP contribution >= 0.6 is 0 Å². The third-order valence-corrected chi connectivity index (χ3v) is 3.76. The van der Waals surface area contributed by atoms with Crippen LogP contribution in [-0.4, -0.2) is 25.2 Å². The Kier molecular flexibility index (Phi) is 14.1. The van der Waals surface area contributed by atoms with Gasteiger partial charge in [0.1, 0.15) is 0 Å². The number of rotatable bonds is 14. The van der Waals surface area contributed by atoms with Crippen LogP contribution in [0.5, 0.6) is 0 Å². The molecule has 0 bridgehead atoms. The fourth-order valence-corrected chi connectivity index (χ4v) is 2.42. The Labute approximate surface area is 135 Å². The van der Waals surface area contributed by atoms with Crippen LogP contribution in [0.3, 0.4) is 0 Å². The Bertz CT molecular complexity index is 289. The largest absolute Gasteiger partial charge is 0.466 e. The highest BCUT2D eigenvalue weighted by atomic mass is 16.5. The third kappa shape index (κ3) is 12.7. The molecule has 0 aliphatic heterocycles. The van der Waals surface area contributed by atoms with Crippen molar-refractivity contribution < 1.29 is 19.1 Å². The average molecular weight is 314 g/mol. The van der Waals surface area contributed by atoms with E-state index in [1.54, 1.807) is 0 Å². The lowest BCUT2D eigenvalue weighted by Gasteiger charge is -2.09. The van der Waals surface area contributed by atoms with E-state index in [1.165, 1.54) is 32.1 Å². The SMILES string of the molecule is CCOC(=O)CCCCCCCCCCC(C)C(=O)OCC. The molecule has 1 unspecified atom stereocenters. The Morgan fingerprint density at radius 3 is 1.82 bits per heavy atom. The van der Waals surface area contributed by atoms with E-state index in [1.807, 2.05) is 20.8 Å². The molecule has 0 radical (unpaired) electrons. The molecule has 0 aliphatic rings. The number of hydrogen-bond acceptors (Lipinski definition) is 4. The molecule has 0 N–H and O–H groups in total. The highest BCUT2D eigenvalue weighted by molar-refractivity contribution is 5.71. The van der Waals surface area contributed by atoms with Crippen molar-refractivity contribution in [2.24, 2.45) is 5.92 Å². The number of esters is 2. The van der Waals surface area contributed by atoms with Crippen LogP contribution in [-0.2, 0) is 19.1 Å². The van der Waals surface area contributed by atoms with Gasteiger partial charge in [0.2, 0.25) is 0 Å². The first kappa shape index (κ1) is 20.9. The van der Waals surface area contributed by atoms with Crippen molar-refractivity contribution in [3.8, 4) is 0 Å². The van der Waals surface area contributed by atoms with E-state index in [0.717, 1.165) is 25.7 Å². The van der Waals surface area contributed by atoms with E-state index in [9.17, 15) is 9.59 Å². The molecule has 0 aliphatic carbocycles. The first-order valence-electron chi connectivity index (χ1n) is 8.94. The standard InChI is InChI=1S/C18H34O4/c1-4-21-17(19)15-13-11-9-7-6-8-10-12-14-16(3)18(20)22-5-2/h16H,4-15H2,1-3H3. The van der Waals surface area contributed by atoms with Gasteiger partial charge in [0.15, 0.2) is 0 Å². The maximum atomic E-state index is 11.4. The van der Waals surface area contributed by atoms with Crippen LogP contribution < -0.4 is 0 Å². The summed E-state index contributed by atoms with van der Waals surface area (Å²) in [6.07, 6.45) is 10.7. The van der Waals surface area contributed by atoms with Crippen LogP contribution in [0.25, 0.3) is 0 Å². The van der Waals surface area contributed by atoms with Gasteiger partial charge in [-0.15, -0.1) is 0 Å². The van der Waals surface area contributed by atoms with E-state index in [0.29, 0.717) is 19.6 Å². The second kappa shape index (κ2) is 14.9. The summed E-state index contributed by atoms with van der Waals surface area (Å²) in [7, 11) is 0. The first-order valence-corrected chi connectivity index (χ1v) is 8.94. The average Bonchev–Trinajstić information content (AvgIpc) is 2.49. The Hall–Kier alpha value is -1.06. The van der Waals surface area contributed by atoms with Gasteiger partial charge in [-0.25, -0.2) is 0 Å². The van der Waals surface area contributed by atoms with Gasteiger partial charge in [-0.2, -0.15) is 0 Å². The monoisotopic (exact) mass is 314 g/mol. The van der Waals surface area contributed by atoms with Crippen molar-refractivity contribution in [2.75, 3.05) is 13.2 Å². The molecule has 0 amide bonds. The number of carbonyl (C=O) groups excluding carboxylic acids is 2. The second-order valence-electron chi connectivity index (χ2n) is 5.83. The van der Waals surface area contributed by atoms with Gasteiger partial charge in [0, 0.05) is 6.42 Å². The zero-order chi connectivity index (χ0) is 16.6. The molecule has 4 heteroatoms. The van der Waals surface area contributed by atoms with Crippen LogP contribution in [0.15, 0.2) is 0 Å². The highest BCUT2D eigenvalue weighted by Gasteiger charge is 2.12. The molecule has 0 aromatic heterocycles. The minimum absolute atomic E-state index is 0.0304. The molecule has 0 rings (SSSR count). The lowest BCUT2D eigenvalue weighted by molar-refractivity contribution is -0.147. The molecule has 0 aromatic rings. The Balaban J connectivity index is 3.27. The van der Waals surface area contributed by atoms with Crippen molar-refractivity contribution in [1.29, 1.82) is 0 Å². The van der Waals surface area contributed by atoms with Crippen molar-refractivity contribution in [3.05, 3.63) is 0 Å². The summed E-state index contributed by atoms with van der Waals surface area (Å²) < 4.78 is 9.89. The Morgan fingerprint density at radius 1 is 0.773 bits per heavy atom. The summed E-state index contributed by atoms with van der Waals surface area (Å²) in [5.74, 6) is -0.106. The van der Waals surface area contributed by atoms with Crippen LogP contribution in [0.1, 0.15) is 85.0 Å². The number of unbranched alkanes of at least 4 members (excludes halogenated alkanes) is 7. The van der Waals surface area contributed by atoms with Gasteiger partial charge >= 0.3 is 11.9 Å². The van der Waals surface area contributed by atoms with Crippen molar-refractivity contribution in [3.63, 3.8) is 0 Å². The van der Waals surface area contributed by atoms with E-state index in [4.69, 9.17) is 9.47 Å². The van der Waals surface area contributed by atoms with Crippen molar-refractivity contribution in [2.45, 2.75) is 85.0 Å². The summed E-state index contributed by atoms with van der Waals surface area (Å²) in [5.41, 5.74) is 0. The summed E-state index contributed by atoms with van der Waals surface area (Å²) in [5, 5.41) is 0. The van der Waals surface area contributed by atoms with E-state index in [2.05, 4.69) is 0 Å². The van der Waals surface area contributed by atoms with Gasteiger partial charge in [0.25, 0.3) is 0 Å². The molecule has 4 nitrogen and oxygen atoms in total. The van der Waals surface area contributed by atoms with Gasteiger partial charge in [-0.05, 0) is 26.7 Å². The normalized spacial score (nSPS) is 12.0. The minimum Gasteiger partial charge on any atom is -0.466 e. The molecule has 0 saturated heterocycles. The molecule has 0 saturated carbocycles. The molecule has 0 spiro atoms. The summed E-state index contributed by atoms with van der Waals surface area (Å²) in [4.78, 5) is 22.6. The molecular weight excluding hydrogens is 280 g/mol. The predicted molar refractivity (Wildman–Crippen MR) is 88.6 cm³/mol. The lowest BCUT2D eigenvalue weighted by Crippen LogP contribution is -2.14. The van der Waals surface area contributed by atoms with Crippen LogP contribution in [0.4, 0.5) is 0 Å². The maximum Gasteiger partial charge on any atom is 0.308 e. The smallest absolute Gasteiger partial charge is 0.308 e. The summed E-state index contributed by atoms with van der Waals surface area (Å²) in [6, 6.07) is 0. The Morgan fingerprint density at radius 2 is 1.27 bits per heavy atom. The first-order chi connectivity index (χ1) is 10.6. The molecule has 0 aromatic carbocycles. The number of ether oxygens (including phenoxy) is 2. The maximum absolute atomic E-state index is 11.4. The highest BCUT2D eigenvalue weighted by Crippen LogP contribution is 2.14. The van der Waals surface area contributed by atoms with E-state index in [-0.39, 0.29) is 17.9 Å². The van der Waals surface area contributed by atoms with E-state index < -0.39 is 0 Å². The third-order valence-electron chi connectivity index (χ3n) is 3.76. The molecule has 0 fully saturated rings. The van der Waals surface area contributed by atoms with Gasteiger partial charge in [-0.3, -0.25) is 9.59 Å². The quantitative estimate of drug-likeness (QED) is 0.346. The summed E-state index contributed by atoms with van der Waals surface area (Å²) >= 11 is 0. The molecule has 130 valence electrons. The van der Waals surface area contributed by atoms with Gasteiger partial charge < -0.3 is 9.47 Å².